The number of aryl methyl sites for hydroxylation is 1. The summed E-state index contributed by atoms with van der Waals surface area (Å²) in [5.41, 5.74) is 2.19. The van der Waals surface area contributed by atoms with Crippen LogP contribution in [0.4, 0.5) is 5.69 Å². The molecule has 2 heterocycles. The molecule has 3 rings (SSSR count). The molecule has 1 fully saturated rings. The summed E-state index contributed by atoms with van der Waals surface area (Å²) in [6.07, 6.45) is 3.78. The molecule has 2 atom stereocenters. The molecule has 0 radical (unpaired) electrons. The lowest BCUT2D eigenvalue weighted by atomic mass is 10.0. The number of nitrogens with zero attached hydrogens (tertiary/aromatic N) is 1. The number of nitrogens with one attached hydrogen (secondary N) is 1. The van der Waals surface area contributed by atoms with E-state index >= 15 is 0 Å². The summed E-state index contributed by atoms with van der Waals surface area (Å²) in [7, 11) is 0. The lowest BCUT2D eigenvalue weighted by Crippen LogP contribution is -2.42. The second kappa shape index (κ2) is 5.94. The molecule has 1 amide bonds. The van der Waals surface area contributed by atoms with Gasteiger partial charge in [-0.25, -0.2) is 0 Å². The predicted molar refractivity (Wildman–Crippen MR) is 78.6 cm³/mol. The Hall–Kier alpha value is -1.39. The van der Waals surface area contributed by atoms with Crippen molar-refractivity contribution in [3.05, 3.63) is 29.8 Å². The second-order valence-corrected chi connectivity index (χ2v) is 5.86. The van der Waals surface area contributed by atoms with Gasteiger partial charge in [0.1, 0.15) is 0 Å². The Morgan fingerprint density at radius 3 is 3.00 bits per heavy atom. The highest BCUT2D eigenvalue weighted by Crippen LogP contribution is 2.27. The van der Waals surface area contributed by atoms with E-state index in [1.807, 2.05) is 18.2 Å². The highest BCUT2D eigenvalue weighted by Gasteiger charge is 2.33. The van der Waals surface area contributed by atoms with Crippen LogP contribution >= 0.6 is 0 Å². The summed E-state index contributed by atoms with van der Waals surface area (Å²) in [5, 5.41) is 12.1. The number of aliphatic hydroxyl groups is 1. The first-order chi connectivity index (χ1) is 9.78. The number of anilines is 1. The molecule has 2 N–H and O–H groups in total. The van der Waals surface area contributed by atoms with Gasteiger partial charge in [-0.15, -0.1) is 0 Å². The standard InChI is InChI=1S/C16H22N2O2/c19-10-8-12-7-9-18(11-12)15-6-5-13-3-1-2-4-14(13)17-16(15)20/h1-4,12,15,19H,5-11H2,(H,17,20). The largest absolute Gasteiger partial charge is 0.396 e. The number of likely N-dealkylation sites (tertiary alicyclic amines) is 1. The fraction of sp³-hybridized carbons (Fsp3) is 0.562. The number of fused-ring (bicyclic) bond motifs is 1. The molecular formula is C16H22N2O2. The maximum Gasteiger partial charge on any atom is 0.241 e. The number of hydrogen-bond donors (Lipinski definition) is 2. The van der Waals surface area contributed by atoms with Crippen LogP contribution in [0.2, 0.25) is 0 Å². The summed E-state index contributed by atoms with van der Waals surface area (Å²) < 4.78 is 0. The molecule has 108 valence electrons. The van der Waals surface area contributed by atoms with Crippen LogP contribution in [0, 0.1) is 5.92 Å². The maximum absolute atomic E-state index is 12.4. The van der Waals surface area contributed by atoms with E-state index in [4.69, 9.17) is 5.11 Å². The van der Waals surface area contributed by atoms with Gasteiger partial charge in [0, 0.05) is 18.8 Å². The van der Waals surface area contributed by atoms with Gasteiger partial charge in [-0.3, -0.25) is 9.69 Å². The van der Waals surface area contributed by atoms with Crippen molar-refractivity contribution in [3.63, 3.8) is 0 Å². The van der Waals surface area contributed by atoms with Crippen LogP contribution in [0.1, 0.15) is 24.8 Å². The van der Waals surface area contributed by atoms with Crippen LogP contribution in [-0.2, 0) is 11.2 Å². The lowest BCUT2D eigenvalue weighted by Gasteiger charge is -2.25. The van der Waals surface area contributed by atoms with E-state index in [2.05, 4.69) is 16.3 Å². The van der Waals surface area contributed by atoms with Gasteiger partial charge in [0.2, 0.25) is 5.91 Å². The monoisotopic (exact) mass is 274 g/mol. The average molecular weight is 274 g/mol. The number of hydrogen-bond acceptors (Lipinski definition) is 3. The minimum Gasteiger partial charge on any atom is -0.396 e. The molecule has 20 heavy (non-hydrogen) atoms. The zero-order valence-corrected chi connectivity index (χ0v) is 11.7. The van der Waals surface area contributed by atoms with Gasteiger partial charge in [0.15, 0.2) is 0 Å². The maximum atomic E-state index is 12.4. The Bertz CT molecular complexity index is 489. The molecule has 0 aliphatic carbocycles. The third-order valence-electron chi connectivity index (χ3n) is 4.56. The van der Waals surface area contributed by atoms with Gasteiger partial charge in [-0.1, -0.05) is 18.2 Å². The van der Waals surface area contributed by atoms with E-state index in [0.717, 1.165) is 44.5 Å². The normalized spacial score (nSPS) is 26.9. The molecule has 2 aliphatic rings. The highest BCUT2D eigenvalue weighted by atomic mass is 16.3. The van der Waals surface area contributed by atoms with Crippen molar-refractivity contribution in [2.45, 2.75) is 31.7 Å². The molecule has 2 unspecified atom stereocenters. The predicted octanol–water partition coefficient (Wildman–Crippen LogP) is 1.64. The Labute approximate surface area is 119 Å². The number of carbonyl (C=O) groups excluding carboxylic acids is 1. The van der Waals surface area contributed by atoms with E-state index in [0.29, 0.717) is 5.92 Å². The van der Waals surface area contributed by atoms with Crippen molar-refractivity contribution in [1.29, 1.82) is 0 Å². The van der Waals surface area contributed by atoms with Crippen molar-refractivity contribution in [2.75, 3.05) is 25.0 Å². The minimum atomic E-state index is -0.0221. The fourth-order valence-electron chi connectivity index (χ4n) is 3.41. The summed E-state index contributed by atoms with van der Waals surface area (Å²) in [5.74, 6) is 0.665. The summed E-state index contributed by atoms with van der Waals surface area (Å²) in [6.45, 7) is 2.16. The molecule has 0 bridgehead atoms. The van der Waals surface area contributed by atoms with Gasteiger partial charge in [0.05, 0.1) is 6.04 Å². The smallest absolute Gasteiger partial charge is 0.241 e. The van der Waals surface area contributed by atoms with Crippen molar-refractivity contribution in [2.24, 2.45) is 5.92 Å². The van der Waals surface area contributed by atoms with Crippen molar-refractivity contribution in [1.82, 2.24) is 4.90 Å². The van der Waals surface area contributed by atoms with Gasteiger partial charge >= 0.3 is 0 Å². The Morgan fingerprint density at radius 1 is 1.30 bits per heavy atom. The number of benzene rings is 1. The number of aliphatic hydroxyl groups excluding tert-OH is 1. The fourth-order valence-corrected chi connectivity index (χ4v) is 3.41. The van der Waals surface area contributed by atoms with Crippen molar-refractivity contribution in [3.8, 4) is 0 Å². The number of rotatable bonds is 3. The van der Waals surface area contributed by atoms with Crippen molar-refractivity contribution >= 4 is 11.6 Å². The van der Waals surface area contributed by atoms with E-state index < -0.39 is 0 Å². The Kier molecular flexibility index (Phi) is 4.03. The van der Waals surface area contributed by atoms with E-state index in [9.17, 15) is 4.79 Å². The molecule has 1 aromatic rings. The van der Waals surface area contributed by atoms with Crippen molar-refractivity contribution < 1.29 is 9.90 Å². The van der Waals surface area contributed by atoms with Crippen LogP contribution in [0.3, 0.4) is 0 Å². The summed E-state index contributed by atoms with van der Waals surface area (Å²) in [6, 6.07) is 8.04. The molecule has 4 nitrogen and oxygen atoms in total. The number of amides is 1. The third-order valence-corrected chi connectivity index (χ3v) is 4.56. The molecular weight excluding hydrogens is 252 g/mol. The number of para-hydroxylation sites is 1. The minimum absolute atomic E-state index is 0.0221. The molecule has 0 saturated carbocycles. The van der Waals surface area contributed by atoms with Crippen LogP contribution in [0.25, 0.3) is 0 Å². The molecule has 2 aliphatic heterocycles. The average Bonchev–Trinajstić information content (AvgIpc) is 2.82. The molecule has 0 spiro atoms. The van der Waals surface area contributed by atoms with Gasteiger partial charge < -0.3 is 10.4 Å². The lowest BCUT2D eigenvalue weighted by molar-refractivity contribution is -0.121. The third kappa shape index (κ3) is 2.72. The number of carbonyl (C=O) groups is 1. The second-order valence-electron chi connectivity index (χ2n) is 5.86. The van der Waals surface area contributed by atoms with E-state index in [-0.39, 0.29) is 18.6 Å². The Balaban J connectivity index is 1.69. The molecule has 0 aromatic heterocycles. The molecule has 1 aromatic carbocycles. The van der Waals surface area contributed by atoms with Gasteiger partial charge in [-0.05, 0) is 49.8 Å². The first-order valence-corrected chi connectivity index (χ1v) is 7.51. The summed E-state index contributed by atoms with van der Waals surface area (Å²) >= 11 is 0. The van der Waals surface area contributed by atoms with Crippen LogP contribution in [0.5, 0.6) is 0 Å². The zero-order valence-electron chi connectivity index (χ0n) is 11.7. The highest BCUT2D eigenvalue weighted by molar-refractivity contribution is 5.96. The molecule has 4 heteroatoms. The van der Waals surface area contributed by atoms with Crippen LogP contribution < -0.4 is 5.32 Å². The Morgan fingerprint density at radius 2 is 2.15 bits per heavy atom. The topological polar surface area (TPSA) is 52.6 Å². The summed E-state index contributed by atoms with van der Waals surface area (Å²) in [4.78, 5) is 14.7. The van der Waals surface area contributed by atoms with E-state index in [1.165, 1.54) is 5.56 Å². The van der Waals surface area contributed by atoms with E-state index in [1.54, 1.807) is 0 Å². The first kappa shape index (κ1) is 13.6. The SMILES string of the molecule is O=C1Nc2ccccc2CCC1N1CCC(CCO)C1. The van der Waals surface area contributed by atoms with Crippen LogP contribution in [0.15, 0.2) is 24.3 Å². The first-order valence-electron chi connectivity index (χ1n) is 7.51. The van der Waals surface area contributed by atoms with Crippen LogP contribution in [-0.4, -0.2) is 41.7 Å². The molecule has 1 saturated heterocycles. The van der Waals surface area contributed by atoms with Gasteiger partial charge in [-0.2, -0.15) is 0 Å². The zero-order chi connectivity index (χ0) is 13.9. The van der Waals surface area contributed by atoms with Gasteiger partial charge in [0.25, 0.3) is 0 Å². The quantitative estimate of drug-likeness (QED) is 0.881.